The predicted molar refractivity (Wildman–Crippen MR) is 122 cm³/mol. The quantitative estimate of drug-likeness (QED) is 0.389. The highest BCUT2D eigenvalue weighted by molar-refractivity contribution is 5.94. The van der Waals surface area contributed by atoms with Crippen molar-refractivity contribution in [2.45, 2.75) is 12.3 Å². The molecule has 2 aromatic carbocycles. The number of rotatable bonds is 5. The van der Waals surface area contributed by atoms with Gasteiger partial charge in [0.05, 0.1) is 5.56 Å². The third-order valence-electron chi connectivity index (χ3n) is 5.68. The largest absolute Gasteiger partial charge is 0.440 e. The number of pyridine rings is 1. The van der Waals surface area contributed by atoms with Crippen molar-refractivity contribution in [1.29, 1.82) is 0 Å². The summed E-state index contributed by atoms with van der Waals surface area (Å²) in [7, 11) is 0. The molecule has 0 radical (unpaired) electrons. The first-order valence-electron chi connectivity index (χ1n) is 10.5. The maximum absolute atomic E-state index is 13.0. The van der Waals surface area contributed by atoms with Gasteiger partial charge in [0.1, 0.15) is 5.75 Å². The number of H-pyrrole nitrogens is 2. The number of nitrogens with one attached hydrogen (secondary N) is 3. The fourth-order valence-corrected chi connectivity index (χ4v) is 4.00. The summed E-state index contributed by atoms with van der Waals surface area (Å²) >= 11 is 0. The third kappa shape index (κ3) is 4.18. The lowest BCUT2D eigenvalue weighted by Gasteiger charge is -2.20. The summed E-state index contributed by atoms with van der Waals surface area (Å²) in [6.07, 6.45) is 3.73. The number of carbonyl (C=O) groups excluding carboxylic acids is 1. The highest BCUT2D eigenvalue weighted by Gasteiger charge is 2.23. The molecule has 0 saturated carbocycles. The van der Waals surface area contributed by atoms with E-state index in [1.807, 2.05) is 42.5 Å². The SMILES string of the molecule is O=C(NCC(c1ccccc1)c1ccncc1)c1ccc2c(c1)Cc1c([nH]c(=O)[nH]c1=O)O2. The lowest BCUT2D eigenvalue weighted by Crippen LogP contribution is -2.30. The van der Waals surface area contributed by atoms with Gasteiger partial charge in [-0.05, 0) is 41.5 Å². The maximum atomic E-state index is 13.0. The fraction of sp³-hybridized carbons (Fsp3) is 0.120. The van der Waals surface area contributed by atoms with Crippen molar-refractivity contribution in [2.75, 3.05) is 6.54 Å². The number of amides is 1. The van der Waals surface area contributed by atoms with Gasteiger partial charge in [-0.25, -0.2) is 4.79 Å². The molecule has 0 aliphatic carbocycles. The molecule has 1 unspecified atom stereocenters. The monoisotopic (exact) mass is 440 g/mol. The minimum atomic E-state index is -0.625. The Kier molecular flexibility index (Phi) is 5.32. The van der Waals surface area contributed by atoms with Crippen LogP contribution in [0.25, 0.3) is 0 Å². The van der Waals surface area contributed by atoms with Gasteiger partial charge in [-0.1, -0.05) is 30.3 Å². The van der Waals surface area contributed by atoms with Crippen LogP contribution in [0.15, 0.2) is 82.6 Å². The van der Waals surface area contributed by atoms with Gasteiger partial charge < -0.3 is 10.1 Å². The van der Waals surface area contributed by atoms with E-state index in [2.05, 4.69) is 20.3 Å². The third-order valence-corrected chi connectivity index (χ3v) is 5.68. The van der Waals surface area contributed by atoms with Gasteiger partial charge in [-0.2, -0.15) is 0 Å². The van der Waals surface area contributed by atoms with Crippen LogP contribution in [0.1, 0.15) is 38.5 Å². The number of aromatic nitrogens is 3. The molecule has 0 fully saturated rings. The van der Waals surface area contributed by atoms with Crippen molar-refractivity contribution < 1.29 is 9.53 Å². The van der Waals surface area contributed by atoms with E-state index >= 15 is 0 Å². The summed E-state index contributed by atoms with van der Waals surface area (Å²) in [6.45, 7) is 0.407. The highest BCUT2D eigenvalue weighted by atomic mass is 16.5. The fourth-order valence-electron chi connectivity index (χ4n) is 4.00. The van der Waals surface area contributed by atoms with Crippen molar-refractivity contribution >= 4 is 5.91 Å². The number of ether oxygens (including phenoxy) is 1. The van der Waals surface area contributed by atoms with Crippen molar-refractivity contribution in [3.05, 3.63) is 122 Å². The van der Waals surface area contributed by atoms with E-state index in [1.54, 1.807) is 30.6 Å². The molecule has 1 atom stereocenters. The predicted octanol–water partition coefficient (Wildman–Crippen LogP) is 2.72. The van der Waals surface area contributed by atoms with E-state index in [1.165, 1.54) is 0 Å². The zero-order chi connectivity index (χ0) is 22.8. The van der Waals surface area contributed by atoms with E-state index in [-0.39, 0.29) is 24.1 Å². The van der Waals surface area contributed by atoms with Gasteiger partial charge in [-0.3, -0.25) is 24.5 Å². The second kappa shape index (κ2) is 8.58. The lowest BCUT2D eigenvalue weighted by molar-refractivity contribution is 0.0952. The van der Waals surface area contributed by atoms with Crippen molar-refractivity contribution in [1.82, 2.24) is 20.3 Å². The molecule has 2 aromatic heterocycles. The molecule has 1 aliphatic rings. The molecule has 3 N–H and O–H groups in total. The zero-order valence-electron chi connectivity index (χ0n) is 17.5. The second-order valence-corrected chi connectivity index (χ2v) is 7.77. The van der Waals surface area contributed by atoms with Crippen molar-refractivity contribution in [2.24, 2.45) is 0 Å². The van der Waals surface area contributed by atoms with E-state index in [0.29, 0.717) is 29.0 Å². The highest BCUT2D eigenvalue weighted by Crippen LogP contribution is 2.33. The average Bonchev–Trinajstić information content (AvgIpc) is 2.84. The van der Waals surface area contributed by atoms with Crippen LogP contribution >= 0.6 is 0 Å². The second-order valence-electron chi connectivity index (χ2n) is 7.77. The lowest BCUT2D eigenvalue weighted by atomic mass is 9.92. The number of hydrogen-bond donors (Lipinski definition) is 3. The normalized spacial score (nSPS) is 12.7. The van der Waals surface area contributed by atoms with Gasteiger partial charge in [-0.15, -0.1) is 0 Å². The minimum absolute atomic E-state index is 0.0265. The van der Waals surface area contributed by atoms with Gasteiger partial charge in [0, 0.05) is 42.4 Å². The molecule has 0 spiro atoms. The van der Waals surface area contributed by atoms with Crippen LogP contribution in [0.2, 0.25) is 0 Å². The van der Waals surface area contributed by atoms with Crippen molar-refractivity contribution in [3.63, 3.8) is 0 Å². The molecule has 1 aliphatic heterocycles. The van der Waals surface area contributed by atoms with Gasteiger partial charge in [0.15, 0.2) is 0 Å². The number of fused-ring (bicyclic) bond motifs is 2. The topological polar surface area (TPSA) is 117 Å². The molecule has 8 heteroatoms. The minimum Gasteiger partial charge on any atom is -0.440 e. The average molecular weight is 440 g/mol. The van der Waals surface area contributed by atoms with Gasteiger partial charge in [0.2, 0.25) is 5.88 Å². The Labute approximate surface area is 188 Å². The summed E-state index contributed by atoms with van der Waals surface area (Å²) in [5, 5.41) is 3.03. The van der Waals surface area contributed by atoms with Gasteiger partial charge >= 0.3 is 5.69 Å². The molecular weight excluding hydrogens is 420 g/mol. The Morgan fingerprint density at radius 1 is 1.00 bits per heavy atom. The molecule has 4 aromatic rings. The van der Waals surface area contributed by atoms with Crippen LogP contribution in [-0.2, 0) is 6.42 Å². The Morgan fingerprint density at radius 3 is 2.55 bits per heavy atom. The van der Waals surface area contributed by atoms with E-state index in [4.69, 9.17) is 4.74 Å². The Hall–Kier alpha value is -4.46. The van der Waals surface area contributed by atoms with Crippen molar-refractivity contribution in [3.8, 4) is 11.6 Å². The Morgan fingerprint density at radius 2 is 1.76 bits per heavy atom. The summed E-state index contributed by atoms with van der Waals surface area (Å²) in [5.41, 5.74) is 2.50. The van der Waals surface area contributed by atoms with Crippen LogP contribution in [0.4, 0.5) is 0 Å². The van der Waals surface area contributed by atoms with E-state index in [9.17, 15) is 14.4 Å². The first-order chi connectivity index (χ1) is 16.1. The molecule has 33 heavy (non-hydrogen) atoms. The molecule has 0 saturated heterocycles. The number of nitrogens with zero attached hydrogens (tertiary/aromatic N) is 1. The Bertz CT molecular complexity index is 1390. The molecule has 3 heterocycles. The van der Waals surface area contributed by atoms with Crippen LogP contribution in [0, 0.1) is 0 Å². The van der Waals surface area contributed by atoms with Crippen LogP contribution in [0.3, 0.4) is 0 Å². The Balaban J connectivity index is 1.36. The smallest absolute Gasteiger partial charge is 0.328 e. The van der Waals surface area contributed by atoms with Crippen LogP contribution in [0.5, 0.6) is 11.6 Å². The number of aromatic amines is 2. The standard InChI is InChI=1S/C25H20N4O4/c30-22(27-14-20(15-4-2-1-3-5-15)16-8-10-26-11-9-16)17-6-7-21-18(12-17)13-19-23(31)28-25(32)29-24(19)33-21/h1-12,20H,13-14H2,(H,27,30)(H2,28,29,31,32). The summed E-state index contributed by atoms with van der Waals surface area (Å²) < 4.78 is 5.67. The first-order valence-corrected chi connectivity index (χ1v) is 10.5. The summed E-state index contributed by atoms with van der Waals surface area (Å²) in [4.78, 5) is 45.4. The molecule has 8 nitrogen and oxygen atoms in total. The van der Waals surface area contributed by atoms with E-state index < -0.39 is 11.2 Å². The van der Waals surface area contributed by atoms with Crippen LogP contribution in [-0.4, -0.2) is 27.4 Å². The summed E-state index contributed by atoms with van der Waals surface area (Å²) in [5.74, 6) is 0.381. The molecular formula is C25H20N4O4. The van der Waals surface area contributed by atoms with Crippen LogP contribution < -0.4 is 21.3 Å². The zero-order valence-corrected chi connectivity index (χ0v) is 17.5. The number of benzene rings is 2. The first kappa shape index (κ1) is 20.4. The number of hydrogen-bond acceptors (Lipinski definition) is 5. The maximum Gasteiger partial charge on any atom is 0.328 e. The molecule has 1 amide bonds. The number of carbonyl (C=O) groups is 1. The molecule has 0 bridgehead atoms. The summed E-state index contributed by atoms with van der Waals surface area (Å²) in [6, 6.07) is 18.9. The van der Waals surface area contributed by atoms with Gasteiger partial charge in [0.25, 0.3) is 11.5 Å². The molecule has 164 valence electrons. The van der Waals surface area contributed by atoms with E-state index in [0.717, 1.165) is 11.1 Å². The molecule has 5 rings (SSSR count).